The average Bonchev–Trinajstić information content (AvgIpc) is 2.74. The van der Waals surface area contributed by atoms with E-state index in [1.807, 2.05) is 25.1 Å². The molecule has 0 radical (unpaired) electrons. The molecule has 3 aromatic carbocycles. The summed E-state index contributed by atoms with van der Waals surface area (Å²) in [5.74, 6) is -0.000360. The summed E-state index contributed by atoms with van der Waals surface area (Å²) in [6.07, 6.45) is 1.40. The summed E-state index contributed by atoms with van der Waals surface area (Å²) in [5, 5.41) is 3.94. The predicted molar refractivity (Wildman–Crippen MR) is 126 cm³/mol. The first-order valence-electron chi connectivity index (χ1n) is 9.19. The summed E-state index contributed by atoms with van der Waals surface area (Å²) in [7, 11) is 0. The molecule has 0 bridgehead atoms. The van der Waals surface area contributed by atoms with Gasteiger partial charge in [-0.3, -0.25) is 4.79 Å². The molecule has 0 saturated carbocycles. The van der Waals surface area contributed by atoms with Gasteiger partial charge in [0.15, 0.2) is 6.61 Å². The third-order valence-electron chi connectivity index (χ3n) is 4.01. The van der Waals surface area contributed by atoms with Gasteiger partial charge in [-0.2, -0.15) is 5.10 Å². The van der Waals surface area contributed by atoms with Crippen LogP contribution in [0.3, 0.4) is 0 Å². The van der Waals surface area contributed by atoms with E-state index < -0.39 is 11.9 Å². The van der Waals surface area contributed by atoms with Crippen molar-refractivity contribution in [3.63, 3.8) is 0 Å². The molecule has 8 heteroatoms. The van der Waals surface area contributed by atoms with E-state index >= 15 is 0 Å². The zero-order chi connectivity index (χ0) is 22.2. The first-order valence-corrected chi connectivity index (χ1v) is 10.8. The molecule has 3 aromatic rings. The molecule has 0 fully saturated rings. The van der Waals surface area contributed by atoms with Crippen LogP contribution in [0, 0.1) is 6.92 Å². The van der Waals surface area contributed by atoms with Crippen LogP contribution in [0.25, 0.3) is 0 Å². The molecule has 31 heavy (non-hydrogen) atoms. The van der Waals surface area contributed by atoms with Gasteiger partial charge < -0.3 is 9.47 Å². The second-order valence-corrected chi connectivity index (χ2v) is 8.31. The summed E-state index contributed by atoms with van der Waals surface area (Å²) < 4.78 is 12.6. The van der Waals surface area contributed by atoms with Gasteiger partial charge in [-0.05, 0) is 67.1 Å². The van der Waals surface area contributed by atoms with Crippen molar-refractivity contribution in [2.45, 2.75) is 6.92 Å². The third-order valence-corrected chi connectivity index (χ3v) is 5.03. The largest absolute Gasteiger partial charge is 0.484 e. The molecule has 0 atom stereocenters. The maximum atomic E-state index is 12.4. The molecule has 0 aliphatic rings. The van der Waals surface area contributed by atoms with Gasteiger partial charge in [0.2, 0.25) is 0 Å². The van der Waals surface area contributed by atoms with E-state index in [1.54, 1.807) is 48.5 Å². The van der Waals surface area contributed by atoms with Crippen LogP contribution in [-0.2, 0) is 4.79 Å². The summed E-state index contributed by atoms with van der Waals surface area (Å²) in [5.41, 5.74) is 4.36. The van der Waals surface area contributed by atoms with Crippen LogP contribution in [-0.4, -0.2) is 24.7 Å². The molecule has 0 unspecified atom stereocenters. The molecule has 0 aliphatic heterocycles. The van der Waals surface area contributed by atoms with E-state index in [0.717, 1.165) is 14.5 Å². The fraction of sp³-hybridized carbons (Fsp3) is 0.0870. The molecule has 1 N–H and O–H groups in total. The molecular formula is C23H18Br2N2O4. The Bertz CT molecular complexity index is 1110. The minimum Gasteiger partial charge on any atom is -0.484 e. The minimum atomic E-state index is -0.500. The zero-order valence-corrected chi connectivity index (χ0v) is 19.6. The van der Waals surface area contributed by atoms with Crippen molar-refractivity contribution in [1.29, 1.82) is 0 Å². The maximum Gasteiger partial charge on any atom is 0.343 e. The van der Waals surface area contributed by atoms with E-state index in [0.29, 0.717) is 22.6 Å². The Hall–Kier alpha value is -2.97. The van der Waals surface area contributed by atoms with Gasteiger partial charge in [0.05, 0.1) is 11.8 Å². The molecule has 3 rings (SSSR count). The highest BCUT2D eigenvalue weighted by Crippen LogP contribution is 2.23. The zero-order valence-electron chi connectivity index (χ0n) is 16.5. The molecule has 0 heterocycles. The van der Waals surface area contributed by atoms with E-state index in [1.165, 1.54) is 6.21 Å². The van der Waals surface area contributed by atoms with Gasteiger partial charge in [-0.15, -0.1) is 0 Å². The molecule has 0 aliphatic carbocycles. The number of carbonyl (C=O) groups is 2. The van der Waals surface area contributed by atoms with Gasteiger partial charge >= 0.3 is 5.97 Å². The normalized spacial score (nSPS) is 10.7. The number of halogens is 2. The van der Waals surface area contributed by atoms with Crippen LogP contribution in [0.1, 0.15) is 21.5 Å². The lowest BCUT2D eigenvalue weighted by Crippen LogP contribution is -2.24. The van der Waals surface area contributed by atoms with Gasteiger partial charge in [0.25, 0.3) is 5.91 Å². The summed E-state index contributed by atoms with van der Waals surface area (Å²) in [4.78, 5) is 24.4. The number of benzene rings is 3. The molecule has 6 nitrogen and oxygen atoms in total. The number of carbonyl (C=O) groups excluding carboxylic acids is 2. The monoisotopic (exact) mass is 544 g/mol. The third kappa shape index (κ3) is 7.04. The van der Waals surface area contributed by atoms with Crippen LogP contribution in [0.5, 0.6) is 11.5 Å². The SMILES string of the molecule is Cc1cccc(OCC(=O)NN=Cc2cc(Br)ccc2OC(=O)c2ccc(Br)cc2)c1. The van der Waals surface area contributed by atoms with Crippen molar-refractivity contribution >= 4 is 50.0 Å². The fourth-order valence-electron chi connectivity index (χ4n) is 2.52. The lowest BCUT2D eigenvalue weighted by molar-refractivity contribution is -0.123. The molecule has 0 saturated heterocycles. The second kappa shape index (κ2) is 10.9. The molecule has 0 aromatic heterocycles. The number of ether oxygens (including phenoxy) is 2. The molecular weight excluding hydrogens is 528 g/mol. The van der Waals surface area contributed by atoms with Crippen LogP contribution < -0.4 is 14.9 Å². The van der Waals surface area contributed by atoms with Crippen molar-refractivity contribution in [3.05, 3.63) is 92.4 Å². The number of amides is 1. The van der Waals surface area contributed by atoms with Crippen molar-refractivity contribution < 1.29 is 19.1 Å². The Morgan fingerprint density at radius 1 is 1.00 bits per heavy atom. The minimum absolute atomic E-state index is 0.176. The lowest BCUT2D eigenvalue weighted by atomic mass is 10.2. The average molecular weight is 546 g/mol. The van der Waals surface area contributed by atoms with Crippen LogP contribution in [0.4, 0.5) is 0 Å². The van der Waals surface area contributed by atoms with E-state index in [-0.39, 0.29) is 6.61 Å². The summed E-state index contributed by atoms with van der Waals surface area (Å²) in [6, 6.07) is 19.4. The van der Waals surface area contributed by atoms with Gasteiger partial charge in [-0.1, -0.05) is 44.0 Å². The maximum absolute atomic E-state index is 12.4. The number of esters is 1. The van der Waals surface area contributed by atoms with Gasteiger partial charge in [0.1, 0.15) is 11.5 Å². The number of aryl methyl sites for hydroxylation is 1. The van der Waals surface area contributed by atoms with Crippen molar-refractivity contribution in [2.75, 3.05) is 6.61 Å². The number of hydrazone groups is 1. The number of rotatable bonds is 7. The quantitative estimate of drug-likeness (QED) is 0.190. The Morgan fingerprint density at radius 3 is 2.48 bits per heavy atom. The highest BCUT2D eigenvalue weighted by atomic mass is 79.9. The molecule has 1 amide bonds. The van der Waals surface area contributed by atoms with Gasteiger partial charge in [0, 0.05) is 14.5 Å². The van der Waals surface area contributed by atoms with Crippen LogP contribution in [0.2, 0.25) is 0 Å². The highest BCUT2D eigenvalue weighted by Gasteiger charge is 2.12. The van der Waals surface area contributed by atoms with Crippen LogP contribution >= 0.6 is 31.9 Å². The Kier molecular flexibility index (Phi) is 7.97. The molecule has 0 spiro atoms. The fourth-order valence-corrected chi connectivity index (χ4v) is 3.16. The predicted octanol–water partition coefficient (Wildman–Crippen LogP) is 5.27. The van der Waals surface area contributed by atoms with Crippen molar-refractivity contribution in [1.82, 2.24) is 5.43 Å². The number of nitrogens with zero attached hydrogens (tertiary/aromatic N) is 1. The first kappa shape index (κ1) is 22.7. The topological polar surface area (TPSA) is 77.0 Å². The second-order valence-electron chi connectivity index (χ2n) is 6.48. The summed E-state index contributed by atoms with van der Waals surface area (Å²) >= 11 is 6.71. The number of nitrogens with one attached hydrogen (secondary N) is 1. The standard InChI is InChI=1S/C23H18Br2N2O4/c1-15-3-2-4-20(11-15)30-14-22(28)27-26-13-17-12-19(25)9-10-21(17)31-23(29)16-5-7-18(24)8-6-16/h2-13H,14H2,1H3,(H,27,28). The van der Waals surface area contributed by atoms with E-state index in [2.05, 4.69) is 42.4 Å². The van der Waals surface area contributed by atoms with E-state index in [9.17, 15) is 9.59 Å². The Morgan fingerprint density at radius 2 is 1.74 bits per heavy atom. The van der Waals surface area contributed by atoms with E-state index in [4.69, 9.17) is 9.47 Å². The van der Waals surface area contributed by atoms with Gasteiger partial charge in [-0.25, -0.2) is 10.2 Å². The summed E-state index contributed by atoms with van der Waals surface area (Å²) in [6.45, 7) is 1.76. The number of hydrogen-bond acceptors (Lipinski definition) is 5. The molecule has 158 valence electrons. The number of hydrogen-bond donors (Lipinski definition) is 1. The van der Waals surface area contributed by atoms with Crippen molar-refractivity contribution in [3.8, 4) is 11.5 Å². The first-order chi connectivity index (χ1) is 14.9. The van der Waals surface area contributed by atoms with Crippen LogP contribution in [0.15, 0.2) is 80.8 Å². The highest BCUT2D eigenvalue weighted by molar-refractivity contribution is 9.10. The Labute approximate surface area is 196 Å². The lowest BCUT2D eigenvalue weighted by Gasteiger charge is -2.08. The van der Waals surface area contributed by atoms with Crippen molar-refractivity contribution in [2.24, 2.45) is 5.10 Å². The Balaban J connectivity index is 1.61. The smallest absolute Gasteiger partial charge is 0.343 e.